The van der Waals surface area contributed by atoms with Crippen molar-refractivity contribution >= 4 is 0 Å². The largest absolute Gasteiger partial charge is 0.393 e. The maximum Gasteiger partial charge on any atom is 0.126 e. The van der Waals surface area contributed by atoms with E-state index in [1.165, 1.54) is 18.4 Å². The second kappa shape index (κ2) is 4.87. The van der Waals surface area contributed by atoms with Gasteiger partial charge in [-0.2, -0.15) is 0 Å². The zero-order valence-electron chi connectivity index (χ0n) is 14.5. The number of fused-ring (bicyclic) bond motifs is 5. The SMILES string of the molecule is C#C[C@]1(O)C[C@@H]2[C@H]3CC=C4C[C@@H](O)CC[C@]4(C)[C@@H]3CC[C@]2(C)C1. The van der Waals surface area contributed by atoms with Crippen LogP contribution in [0.2, 0.25) is 0 Å². The summed E-state index contributed by atoms with van der Waals surface area (Å²) >= 11 is 0. The average molecular weight is 314 g/mol. The van der Waals surface area contributed by atoms with Crippen molar-refractivity contribution < 1.29 is 10.2 Å². The normalized spacial score (nSPS) is 55.2. The van der Waals surface area contributed by atoms with Gasteiger partial charge in [-0.15, -0.1) is 6.42 Å². The highest BCUT2D eigenvalue weighted by Gasteiger charge is 2.60. The summed E-state index contributed by atoms with van der Waals surface area (Å²) in [4.78, 5) is 0. The van der Waals surface area contributed by atoms with Gasteiger partial charge in [0.1, 0.15) is 5.60 Å². The minimum absolute atomic E-state index is 0.141. The lowest BCUT2D eigenvalue weighted by molar-refractivity contribution is -0.0360. The van der Waals surface area contributed by atoms with Gasteiger partial charge < -0.3 is 10.2 Å². The van der Waals surface area contributed by atoms with Gasteiger partial charge in [0.25, 0.3) is 0 Å². The van der Waals surface area contributed by atoms with E-state index in [4.69, 9.17) is 6.42 Å². The first kappa shape index (κ1) is 15.7. The molecule has 2 heteroatoms. The fourth-order valence-corrected chi connectivity index (χ4v) is 6.87. The highest BCUT2D eigenvalue weighted by molar-refractivity contribution is 5.27. The Labute approximate surface area is 140 Å². The van der Waals surface area contributed by atoms with Crippen molar-refractivity contribution in [2.45, 2.75) is 76.9 Å². The summed E-state index contributed by atoms with van der Waals surface area (Å²) in [6.45, 7) is 4.79. The zero-order chi connectivity index (χ0) is 16.5. The smallest absolute Gasteiger partial charge is 0.126 e. The molecule has 3 saturated carbocycles. The molecule has 0 aromatic rings. The predicted octanol–water partition coefficient (Wildman–Crippen LogP) is 3.67. The maximum absolute atomic E-state index is 10.7. The summed E-state index contributed by atoms with van der Waals surface area (Å²) in [5.74, 6) is 4.60. The van der Waals surface area contributed by atoms with E-state index in [1.54, 1.807) is 0 Å². The van der Waals surface area contributed by atoms with Crippen LogP contribution in [0.15, 0.2) is 11.6 Å². The minimum atomic E-state index is -0.887. The molecule has 0 unspecified atom stereocenters. The van der Waals surface area contributed by atoms with E-state index in [2.05, 4.69) is 25.8 Å². The average Bonchev–Trinajstić information content (AvgIpc) is 2.79. The van der Waals surface area contributed by atoms with E-state index in [9.17, 15) is 10.2 Å². The Balaban J connectivity index is 1.68. The van der Waals surface area contributed by atoms with Crippen molar-refractivity contribution in [1.82, 2.24) is 0 Å². The van der Waals surface area contributed by atoms with Gasteiger partial charge >= 0.3 is 0 Å². The standard InChI is InChI=1S/C21H30O2/c1-4-21(23)12-18-16-6-5-14-11-15(22)7-10-20(14,3)17(16)8-9-19(18,2)13-21/h1,5,15-18,22-23H,6-13H2,2-3H3/t15-,16-,17+,18+,19+,20-,21-/m0/s1. The molecule has 0 saturated heterocycles. The van der Waals surface area contributed by atoms with Crippen molar-refractivity contribution in [2.24, 2.45) is 28.6 Å². The van der Waals surface area contributed by atoms with Crippen molar-refractivity contribution in [2.75, 3.05) is 0 Å². The van der Waals surface area contributed by atoms with Gasteiger partial charge in [0.15, 0.2) is 0 Å². The van der Waals surface area contributed by atoms with Gasteiger partial charge in [0.2, 0.25) is 0 Å². The molecule has 4 aliphatic rings. The van der Waals surface area contributed by atoms with Crippen LogP contribution in [0.1, 0.15) is 65.2 Å². The van der Waals surface area contributed by atoms with Crippen molar-refractivity contribution in [1.29, 1.82) is 0 Å². The third-order valence-corrected chi connectivity index (χ3v) is 8.12. The third kappa shape index (κ3) is 2.16. The van der Waals surface area contributed by atoms with Gasteiger partial charge in [0.05, 0.1) is 6.10 Å². The third-order valence-electron chi connectivity index (χ3n) is 8.12. The second-order valence-corrected chi connectivity index (χ2v) is 9.41. The van der Waals surface area contributed by atoms with E-state index in [0.717, 1.165) is 38.5 Å². The fraction of sp³-hybridized carbons (Fsp3) is 0.810. The van der Waals surface area contributed by atoms with Crippen LogP contribution in [0.4, 0.5) is 0 Å². The van der Waals surface area contributed by atoms with Crippen LogP contribution in [0.25, 0.3) is 0 Å². The second-order valence-electron chi connectivity index (χ2n) is 9.41. The first-order valence-corrected chi connectivity index (χ1v) is 9.37. The molecule has 0 aromatic carbocycles. The number of hydrogen-bond donors (Lipinski definition) is 2. The van der Waals surface area contributed by atoms with Crippen LogP contribution in [0.5, 0.6) is 0 Å². The van der Waals surface area contributed by atoms with Crippen LogP contribution in [0.3, 0.4) is 0 Å². The molecule has 0 spiro atoms. The molecule has 126 valence electrons. The van der Waals surface area contributed by atoms with Gasteiger partial charge in [-0.25, -0.2) is 0 Å². The number of aliphatic hydroxyl groups excluding tert-OH is 1. The van der Waals surface area contributed by atoms with Crippen LogP contribution < -0.4 is 0 Å². The van der Waals surface area contributed by atoms with Crippen molar-refractivity contribution in [3.8, 4) is 12.3 Å². The molecule has 0 bridgehead atoms. The highest BCUT2D eigenvalue weighted by atomic mass is 16.3. The predicted molar refractivity (Wildman–Crippen MR) is 91.5 cm³/mol. The zero-order valence-corrected chi connectivity index (χ0v) is 14.5. The van der Waals surface area contributed by atoms with Crippen LogP contribution in [0, 0.1) is 40.9 Å². The van der Waals surface area contributed by atoms with Gasteiger partial charge in [-0.1, -0.05) is 31.4 Å². The number of hydrogen-bond acceptors (Lipinski definition) is 2. The quantitative estimate of drug-likeness (QED) is 0.529. The molecule has 4 rings (SSSR count). The lowest BCUT2D eigenvalue weighted by Crippen LogP contribution is -2.49. The lowest BCUT2D eigenvalue weighted by Gasteiger charge is -2.57. The minimum Gasteiger partial charge on any atom is -0.393 e. The summed E-state index contributed by atoms with van der Waals surface area (Å²) in [5.41, 5.74) is 1.09. The first-order valence-electron chi connectivity index (χ1n) is 9.37. The van der Waals surface area contributed by atoms with Crippen molar-refractivity contribution in [3.05, 3.63) is 11.6 Å². The van der Waals surface area contributed by atoms with Gasteiger partial charge in [-0.3, -0.25) is 0 Å². The maximum atomic E-state index is 10.7. The Morgan fingerprint density at radius 3 is 2.74 bits per heavy atom. The molecule has 0 radical (unpaired) electrons. The van der Waals surface area contributed by atoms with E-state index in [1.807, 2.05) is 0 Å². The number of rotatable bonds is 0. The number of allylic oxidation sites excluding steroid dienone is 1. The molecular weight excluding hydrogens is 284 g/mol. The Morgan fingerprint density at radius 1 is 1.22 bits per heavy atom. The molecule has 0 aromatic heterocycles. The van der Waals surface area contributed by atoms with Crippen LogP contribution in [-0.4, -0.2) is 21.9 Å². The molecule has 2 N–H and O–H groups in total. The molecule has 0 heterocycles. The Hall–Kier alpha value is -0.780. The van der Waals surface area contributed by atoms with E-state index in [0.29, 0.717) is 17.8 Å². The summed E-state index contributed by atoms with van der Waals surface area (Å²) in [6.07, 6.45) is 16.0. The summed E-state index contributed by atoms with van der Waals surface area (Å²) < 4.78 is 0. The monoisotopic (exact) mass is 314 g/mol. The molecule has 4 aliphatic carbocycles. The van der Waals surface area contributed by atoms with Crippen LogP contribution in [-0.2, 0) is 0 Å². The molecule has 0 aliphatic heterocycles. The Bertz CT molecular complexity index is 587. The molecule has 23 heavy (non-hydrogen) atoms. The van der Waals surface area contributed by atoms with Crippen molar-refractivity contribution in [3.63, 3.8) is 0 Å². The molecule has 0 amide bonds. The summed E-state index contributed by atoms with van der Waals surface area (Å²) in [6, 6.07) is 0. The molecule has 2 nitrogen and oxygen atoms in total. The highest BCUT2D eigenvalue weighted by Crippen LogP contribution is 2.66. The first-order chi connectivity index (χ1) is 10.8. The topological polar surface area (TPSA) is 40.5 Å². The molecule has 7 atom stereocenters. The number of aliphatic hydroxyl groups is 2. The van der Waals surface area contributed by atoms with E-state index in [-0.39, 0.29) is 16.9 Å². The summed E-state index contributed by atoms with van der Waals surface area (Å²) in [7, 11) is 0. The number of terminal acetylenes is 1. The Morgan fingerprint density at radius 2 is 2.00 bits per heavy atom. The van der Waals surface area contributed by atoms with Crippen LogP contribution >= 0.6 is 0 Å². The Kier molecular flexibility index (Phi) is 3.33. The van der Waals surface area contributed by atoms with E-state index >= 15 is 0 Å². The lowest BCUT2D eigenvalue weighted by atomic mass is 9.48. The molecular formula is C21H30O2. The van der Waals surface area contributed by atoms with E-state index < -0.39 is 5.60 Å². The fourth-order valence-electron chi connectivity index (χ4n) is 6.87. The summed E-state index contributed by atoms with van der Waals surface area (Å²) in [5, 5.41) is 20.8. The molecule has 3 fully saturated rings. The van der Waals surface area contributed by atoms with Gasteiger partial charge in [-0.05, 0) is 80.0 Å². The van der Waals surface area contributed by atoms with Gasteiger partial charge in [0, 0.05) is 0 Å².